The lowest BCUT2D eigenvalue weighted by Crippen LogP contribution is -2.03. The van der Waals surface area contributed by atoms with E-state index in [4.69, 9.17) is 16.7 Å². The molecule has 2 rings (SSSR count). The van der Waals surface area contributed by atoms with Crippen LogP contribution in [0.25, 0.3) is 5.52 Å². The second kappa shape index (κ2) is 2.99. The van der Waals surface area contributed by atoms with Crippen molar-refractivity contribution in [2.24, 2.45) is 0 Å². The zero-order valence-corrected chi connectivity index (χ0v) is 8.12. The molecule has 2 aromatic heterocycles. The Morgan fingerprint density at radius 1 is 1.57 bits per heavy atom. The number of carboxylic acids is 1. The topological polar surface area (TPSA) is 54.6 Å². The Morgan fingerprint density at radius 3 is 2.93 bits per heavy atom. The fourth-order valence-electron chi connectivity index (χ4n) is 1.39. The molecule has 2 heterocycles. The summed E-state index contributed by atoms with van der Waals surface area (Å²) in [6.45, 7) is 1.75. The van der Waals surface area contributed by atoms with Gasteiger partial charge in [-0.05, 0) is 19.1 Å². The SMILES string of the molecule is Cc1nc(C(=O)O)n2c(Cl)cccc12. The molecule has 0 radical (unpaired) electrons. The highest BCUT2D eigenvalue weighted by Gasteiger charge is 2.15. The molecule has 14 heavy (non-hydrogen) atoms. The third kappa shape index (κ3) is 1.15. The first-order valence-electron chi connectivity index (χ1n) is 3.98. The maximum Gasteiger partial charge on any atom is 0.372 e. The molecule has 0 fully saturated rings. The number of halogens is 1. The van der Waals surface area contributed by atoms with E-state index >= 15 is 0 Å². The van der Waals surface area contributed by atoms with E-state index in [9.17, 15) is 4.79 Å². The molecule has 0 atom stereocenters. The van der Waals surface area contributed by atoms with Crippen molar-refractivity contribution < 1.29 is 9.90 Å². The lowest BCUT2D eigenvalue weighted by atomic mass is 10.3. The second-order valence-electron chi connectivity index (χ2n) is 2.90. The molecule has 0 saturated carbocycles. The first-order chi connectivity index (χ1) is 6.61. The summed E-state index contributed by atoms with van der Waals surface area (Å²) < 4.78 is 1.42. The van der Waals surface area contributed by atoms with Gasteiger partial charge < -0.3 is 5.11 Å². The van der Waals surface area contributed by atoms with E-state index in [0.717, 1.165) is 5.52 Å². The quantitative estimate of drug-likeness (QED) is 0.733. The van der Waals surface area contributed by atoms with Crippen molar-refractivity contribution in [3.8, 4) is 0 Å². The Kier molecular flexibility index (Phi) is 1.93. The van der Waals surface area contributed by atoms with Crippen molar-refractivity contribution in [3.05, 3.63) is 34.9 Å². The number of rotatable bonds is 1. The van der Waals surface area contributed by atoms with E-state index in [1.54, 1.807) is 25.1 Å². The third-order valence-corrected chi connectivity index (χ3v) is 2.28. The highest BCUT2D eigenvalue weighted by Crippen LogP contribution is 2.18. The molecule has 0 amide bonds. The van der Waals surface area contributed by atoms with Crippen LogP contribution >= 0.6 is 11.6 Å². The van der Waals surface area contributed by atoms with Crippen LogP contribution in [0.15, 0.2) is 18.2 Å². The number of hydrogen-bond donors (Lipinski definition) is 1. The molecule has 72 valence electrons. The van der Waals surface area contributed by atoms with Crippen LogP contribution in [-0.2, 0) is 0 Å². The largest absolute Gasteiger partial charge is 0.475 e. The number of carboxylic acid groups (broad SMARTS) is 1. The van der Waals surface area contributed by atoms with E-state index < -0.39 is 5.97 Å². The van der Waals surface area contributed by atoms with Crippen LogP contribution in [0.3, 0.4) is 0 Å². The lowest BCUT2D eigenvalue weighted by molar-refractivity contribution is 0.0682. The van der Waals surface area contributed by atoms with E-state index in [2.05, 4.69) is 4.98 Å². The van der Waals surface area contributed by atoms with Gasteiger partial charge in [0.05, 0.1) is 11.2 Å². The minimum Gasteiger partial charge on any atom is -0.475 e. The third-order valence-electron chi connectivity index (χ3n) is 1.99. The van der Waals surface area contributed by atoms with Crippen molar-refractivity contribution in [2.75, 3.05) is 0 Å². The molecule has 0 spiro atoms. The number of aromatic carboxylic acids is 1. The van der Waals surface area contributed by atoms with E-state index in [0.29, 0.717) is 10.8 Å². The smallest absolute Gasteiger partial charge is 0.372 e. The number of fused-ring (bicyclic) bond motifs is 1. The summed E-state index contributed by atoms with van der Waals surface area (Å²) in [4.78, 5) is 14.8. The molecule has 0 unspecified atom stereocenters. The van der Waals surface area contributed by atoms with Crippen molar-refractivity contribution in [2.45, 2.75) is 6.92 Å². The molecular formula is C9H7ClN2O2. The first kappa shape index (κ1) is 9.02. The molecule has 0 saturated heterocycles. The standard InChI is InChI=1S/C9H7ClN2O2/c1-5-6-3-2-4-7(10)12(6)8(11-5)9(13)14/h2-4H,1H3,(H,13,14). The fourth-order valence-corrected chi connectivity index (χ4v) is 1.63. The Bertz CT molecular complexity index is 519. The minimum absolute atomic E-state index is 0.0527. The minimum atomic E-state index is -1.08. The van der Waals surface area contributed by atoms with Crippen LogP contribution in [0.2, 0.25) is 5.15 Å². The lowest BCUT2D eigenvalue weighted by Gasteiger charge is -1.98. The van der Waals surface area contributed by atoms with Gasteiger partial charge in [-0.15, -0.1) is 0 Å². The second-order valence-corrected chi connectivity index (χ2v) is 3.28. The molecule has 0 aliphatic heterocycles. The number of imidazole rings is 1. The van der Waals surface area contributed by atoms with Crippen LogP contribution in [-0.4, -0.2) is 20.5 Å². The predicted molar refractivity (Wildman–Crippen MR) is 51.9 cm³/mol. The van der Waals surface area contributed by atoms with Gasteiger partial charge in [0, 0.05) is 0 Å². The summed E-state index contributed by atoms with van der Waals surface area (Å²) in [5.41, 5.74) is 1.37. The highest BCUT2D eigenvalue weighted by atomic mass is 35.5. The maximum absolute atomic E-state index is 10.8. The number of aromatic nitrogens is 2. The first-order valence-corrected chi connectivity index (χ1v) is 4.36. The van der Waals surface area contributed by atoms with Gasteiger partial charge in [0.2, 0.25) is 5.82 Å². The molecule has 4 nitrogen and oxygen atoms in total. The molecule has 1 N–H and O–H groups in total. The number of aryl methyl sites for hydroxylation is 1. The molecule has 0 aliphatic rings. The Labute approximate surface area is 84.8 Å². The molecule has 0 aromatic carbocycles. The van der Waals surface area contributed by atoms with Gasteiger partial charge >= 0.3 is 5.97 Å². The number of pyridine rings is 1. The molecule has 0 aliphatic carbocycles. The van der Waals surface area contributed by atoms with Gasteiger partial charge in [-0.2, -0.15) is 0 Å². The maximum atomic E-state index is 10.8. The average Bonchev–Trinajstić information content (AvgIpc) is 2.46. The zero-order chi connectivity index (χ0) is 10.3. The van der Waals surface area contributed by atoms with Crippen molar-refractivity contribution in [1.82, 2.24) is 9.38 Å². The number of hydrogen-bond acceptors (Lipinski definition) is 2. The van der Waals surface area contributed by atoms with Crippen molar-refractivity contribution in [3.63, 3.8) is 0 Å². The summed E-state index contributed by atoms with van der Waals surface area (Å²) in [5.74, 6) is -1.13. The molecule has 5 heteroatoms. The van der Waals surface area contributed by atoms with Gasteiger partial charge in [0.1, 0.15) is 5.15 Å². The zero-order valence-electron chi connectivity index (χ0n) is 7.36. The van der Waals surface area contributed by atoms with Gasteiger partial charge in [-0.25, -0.2) is 9.78 Å². The van der Waals surface area contributed by atoms with Gasteiger partial charge in [-0.1, -0.05) is 17.7 Å². The molecular weight excluding hydrogens is 204 g/mol. The van der Waals surface area contributed by atoms with Gasteiger partial charge in [-0.3, -0.25) is 4.40 Å². The van der Waals surface area contributed by atoms with E-state index in [-0.39, 0.29) is 5.82 Å². The fraction of sp³-hybridized carbons (Fsp3) is 0.111. The number of carbonyl (C=O) groups is 1. The van der Waals surface area contributed by atoms with Crippen LogP contribution in [0, 0.1) is 6.92 Å². The summed E-state index contributed by atoms with van der Waals surface area (Å²) >= 11 is 5.88. The predicted octanol–water partition coefficient (Wildman–Crippen LogP) is 1.99. The highest BCUT2D eigenvalue weighted by molar-refractivity contribution is 6.30. The monoisotopic (exact) mass is 210 g/mol. The van der Waals surface area contributed by atoms with Crippen LogP contribution in [0.4, 0.5) is 0 Å². The summed E-state index contributed by atoms with van der Waals surface area (Å²) in [7, 11) is 0. The van der Waals surface area contributed by atoms with E-state index in [1.807, 2.05) is 0 Å². The van der Waals surface area contributed by atoms with E-state index in [1.165, 1.54) is 4.40 Å². The Balaban J connectivity index is 2.93. The van der Waals surface area contributed by atoms with Crippen molar-refractivity contribution >= 4 is 23.1 Å². The Hall–Kier alpha value is -1.55. The normalized spacial score (nSPS) is 10.7. The number of nitrogens with zero attached hydrogens (tertiary/aromatic N) is 2. The summed E-state index contributed by atoms with van der Waals surface area (Å²) in [6.07, 6.45) is 0. The summed E-state index contributed by atoms with van der Waals surface area (Å²) in [6, 6.07) is 5.17. The average molecular weight is 211 g/mol. The summed E-state index contributed by atoms with van der Waals surface area (Å²) in [5, 5.41) is 9.23. The molecule has 0 bridgehead atoms. The van der Waals surface area contributed by atoms with Gasteiger partial charge in [0.15, 0.2) is 0 Å². The van der Waals surface area contributed by atoms with Gasteiger partial charge in [0.25, 0.3) is 0 Å². The van der Waals surface area contributed by atoms with Crippen LogP contribution in [0.5, 0.6) is 0 Å². The molecule has 2 aromatic rings. The Morgan fingerprint density at radius 2 is 2.29 bits per heavy atom. The van der Waals surface area contributed by atoms with Crippen molar-refractivity contribution in [1.29, 1.82) is 0 Å². The van der Waals surface area contributed by atoms with Crippen LogP contribution < -0.4 is 0 Å². The van der Waals surface area contributed by atoms with Crippen LogP contribution in [0.1, 0.15) is 16.3 Å².